The van der Waals surface area contributed by atoms with Crippen LogP contribution in [0.3, 0.4) is 0 Å². The summed E-state index contributed by atoms with van der Waals surface area (Å²) in [5, 5.41) is 2.84. The number of carbonyl (C=O) groups excluding carboxylic acids is 2. The lowest BCUT2D eigenvalue weighted by Gasteiger charge is -2.20. The lowest BCUT2D eigenvalue weighted by Crippen LogP contribution is -2.34. The molecule has 1 aromatic rings. The van der Waals surface area contributed by atoms with Gasteiger partial charge in [0.15, 0.2) is 0 Å². The maximum Gasteiger partial charge on any atom is 0.243 e. The van der Waals surface area contributed by atoms with Crippen LogP contribution in [0.25, 0.3) is 0 Å². The van der Waals surface area contributed by atoms with Crippen LogP contribution in [0.1, 0.15) is 39.2 Å². The molecule has 7 nitrogen and oxygen atoms in total. The summed E-state index contributed by atoms with van der Waals surface area (Å²) in [6, 6.07) is 4.99. The summed E-state index contributed by atoms with van der Waals surface area (Å²) in [4.78, 5) is 26.4. The topological polar surface area (TPSA) is 86.8 Å². The molecule has 1 aliphatic carbocycles. The molecular weight excluding hydrogens is 378 g/mol. The van der Waals surface area contributed by atoms with E-state index in [1.54, 1.807) is 23.1 Å². The Morgan fingerprint density at radius 2 is 1.93 bits per heavy atom. The quantitative estimate of drug-likeness (QED) is 0.712. The largest absolute Gasteiger partial charge is 0.355 e. The Morgan fingerprint density at radius 1 is 1.25 bits per heavy atom. The van der Waals surface area contributed by atoms with Gasteiger partial charge in [-0.3, -0.25) is 9.59 Å². The van der Waals surface area contributed by atoms with Crippen molar-refractivity contribution in [2.24, 2.45) is 11.8 Å². The van der Waals surface area contributed by atoms with Crippen LogP contribution >= 0.6 is 0 Å². The first kappa shape index (κ1) is 20.8. The number of fused-ring (bicyclic) bond motifs is 1. The van der Waals surface area contributed by atoms with E-state index in [0.717, 1.165) is 17.7 Å². The van der Waals surface area contributed by atoms with Gasteiger partial charge in [-0.15, -0.1) is 0 Å². The van der Waals surface area contributed by atoms with E-state index >= 15 is 0 Å². The van der Waals surface area contributed by atoms with Crippen molar-refractivity contribution in [1.82, 2.24) is 9.62 Å². The second-order valence-electron chi connectivity index (χ2n) is 7.54. The molecule has 0 spiro atoms. The molecule has 0 radical (unpaired) electrons. The van der Waals surface area contributed by atoms with Crippen molar-refractivity contribution >= 4 is 27.5 Å². The fourth-order valence-corrected chi connectivity index (χ4v) is 5.27. The molecule has 1 N–H and O–H groups in total. The van der Waals surface area contributed by atoms with Crippen molar-refractivity contribution in [2.75, 3.05) is 31.1 Å². The first-order valence-electron chi connectivity index (χ1n) is 10.0. The van der Waals surface area contributed by atoms with E-state index in [1.165, 1.54) is 4.31 Å². The van der Waals surface area contributed by atoms with Gasteiger partial charge in [0.1, 0.15) is 0 Å². The second kappa shape index (κ2) is 8.21. The molecule has 1 saturated carbocycles. The van der Waals surface area contributed by atoms with E-state index < -0.39 is 10.0 Å². The Kier molecular flexibility index (Phi) is 6.09. The van der Waals surface area contributed by atoms with Gasteiger partial charge in [0.05, 0.1) is 4.90 Å². The minimum Gasteiger partial charge on any atom is -0.355 e. The number of hydrogen-bond donors (Lipinski definition) is 1. The molecule has 2 atom stereocenters. The zero-order valence-electron chi connectivity index (χ0n) is 16.8. The first-order valence-corrected chi connectivity index (χ1v) is 11.4. The molecule has 154 valence electrons. The predicted molar refractivity (Wildman–Crippen MR) is 108 cm³/mol. The number of hydrogen-bond acceptors (Lipinski definition) is 4. The fourth-order valence-electron chi connectivity index (χ4n) is 3.76. The number of amides is 2. The van der Waals surface area contributed by atoms with E-state index in [-0.39, 0.29) is 29.0 Å². The summed E-state index contributed by atoms with van der Waals surface area (Å²) >= 11 is 0. The zero-order chi connectivity index (χ0) is 20.5. The summed E-state index contributed by atoms with van der Waals surface area (Å²) in [6.07, 6.45) is 1.80. The minimum absolute atomic E-state index is 0.0355. The maximum absolute atomic E-state index is 12.7. The molecule has 1 heterocycles. The molecule has 8 heteroatoms. The molecule has 2 amide bonds. The Morgan fingerprint density at radius 3 is 2.54 bits per heavy atom. The van der Waals surface area contributed by atoms with Crippen molar-refractivity contribution in [3.05, 3.63) is 23.8 Å². The Hall–Kier alpha value is -1.93. The van der Waals surface area contributed by atoms with Crippen LogP contribution in [0.4, 0.5) is 5.69 Å². The van der Waals surface area contributed by atoms with Crippen molar-refractivity contribution < 1.29 is 18.0 Å². The van der Waals surface area contributed by atoms with Gasteiger partial charge in [-0.1, -0.05) is 20.8 Å². The van der Waals surface area contributed by atoms with Crippen LogP contribution in [0.2, 0.25) is 0 Å². The van der Waals surface area contributed by atoms with Crippen molar-refractivity contribution in [2.45, 2.75) is 44.9 Å². The third kappa shape index (κ3) is 4.07. The molecule has 0 bridgehead atoms. The van der Waals surface area contributed by atoms with E-state index in [0.29, 0.717) is 38.5 Å². The summed E-state index contributed by atoms with van der Waals surface area (Å²) in [5.41, 5.74) is 1.64. The molecule has 0 aromatic heterocycles. The molecule has 3 rings (SSSR count). The minimum atomic E-state index is -3.51. The van der Waals surface area contributed by atoms with E-state index in [1.807, 2.05) is 20.8 Å². The summed E-state index contributed by atoms with van der Waals surface area (Å²) in [6.45, 7) is 7.40. The second-order valence-corrected chi connectivity index (χ2v) is 9.47. The molecule has 1 aliphatic heterocycles. The molecule has 0 saturated heterocycles. The molecule has 1 aromatic carbocycles. The maximum atomic E-state index is 12.7. The van der Waals surface area contributed by atoms with Crippen molar-refractivity contribution in [1.29, 1.82) is 0 Å². The van der Waals surface area contributed by atoms with Gasteiger partial charge < -0.3 is 10.2 Å². The third-order valence-corrected chi connectivity index (χ3v) is 7.72. The van der Waals surface area contributed by atoms with Gasteiger partial charge in [-0.05, 0) is 42.5 Å². The zero-order valence-corrected chi connectivity index (χ0v) is 17.6. The molecular formula is C20H29N3O4S. The number of benzene rings is 1. The number of nitrogens with zero attached hydrogens (tertiary/aromatic N) is 2. The van der Waals surface area contributed by atoms with E-state index in [4.69, 9.17) is 0 Å². The highest BCUT2D eigenvalue weighted by Crippen LogP contribution is 2.37. The Bertz CT molecular complexity index is 864. The van der Waals surface area contributed by atoms with Gasteiger partial charge in [-0.25, -0.2) is 8.42 Å². The lowest BCUT2D eigenvalue weighted by molar-refractivity contribution is -0.122. The summed E-state index contributed by atoms with van der Waals surface area (Å²) in [5.74, 6) is 0.535. The monoisotopic (exact) mass is 407 g/mol. The lowest BCUT2D eigenvalue weighted by atomic mass is 10.2. The Labute approximate surface area is 167 Å². The first-order chi connectivity index (χ1) is 13.3. The smallest absolute Gasteiger partial charge is 0.243 e. The van der Waals surface area contributed by atoms with Crippen LogP contribution in [-0.4, -0.2) is 50.7 Å². The van der Waals surface area contributed by atoms with Crippen LogP contribution in [-0.2, 0) is 26.0 Å². The fraction of sp³-hybridized carbons (Fsp3) is 0.600. The van der Waals surface area contributed by atoms with Gasteiger partial charge in [0.2, 0.25) is 21.8 Å². The summed E-state index contributed by atoms with van der Waals surface area (Å²) < 4.78 is 26.8. The number of anilines is 1. The highest BCUT2D eigenvalue weighted by atomic mass is 32.2. The van der Waals surface area contributed by atoms with Crippen LogP contribution in [0, 0.1) is 11.8 Å². The van der Waals surface area contributed by atoms with Crippen LogP contribution in [0.5, 0.6) is 0 Å². The number of carbonyl (C=O) groups is 2. The molecule has 2 unspecified atom stereocenters. The van der Waals surface area contributed by atoms with Crippen LogP contribution in [0.15, 0.2) is 23.1 Å². The predicted octanol–water partition coefficient (Wildman–Crippen LogP) is 1.77. The van der Waals surface area contributed by atoms with Gasteiger partial charge in [0.25, 0.3) is 0 Å². The number of rotatable bonds is 8. The highest BCUT2D eigenvalue weighted by Gasteiger charge is 2.38. The summed E-state index contributed by atoms with van der Waals surface area (Å²) in [7, 11) is -3.51. The van der Waals surface area contributed by atoms with E-state index in [9.17, 15) is 18.0 Å². The molecule has 2 aliphatic rings. The number of sulfonamides is 1. The normalized spacial score (nSPS) is 20.9. The molecule has 1 fully saturated rings. The Balaban J connectivity index is 1.64. The van der Waals surface area contributed by atoms with Crippen molar-refractivity contribution in [3.8, 4) is 0 Å². The van der Waals surface area contributed by atoms with Gasteiger partial charge >= 0.3 is 0 Å². The SMILES string of the molecule is CCN(CC)S(=O)(=O)c1ccc2c(c1)CCN2C(=O)CCNC(=O)C1CC1C. The molecule has 28 heavy (non-hydrogen) atoms. The van der Waals surface area contributed by atoms with Gasteiger partial charge in [-0.2, -0.15) is 4.31 Å². The average Bonchev–Trinajstić information content (AvgIpc) is 3.25. The van der Waals surface area contributed by atoms with Crippen molar-refractivity contribution in [3.63, 3.8) is 0 Å². The number of nitrogens with one attached hydrogen (secondary N) is 1. The van der Waals surface area contributed by atoms with Crippen LogP contribution < -0.4 is 10.2 Å². The standard InChI is InChI=1S/C20H29N3O4S/c1-4-22(5-2)28(26,27)16-6-7-18-15(13-16)9-11-23(18)19(24)8-10-21-20(25)17-12-14(17)3/h6-7,13-14,17H,4-5,8-12H2,1-3H3,(H,21,25). The van der Waals surface area contributed by atoms with Gasteiger partial charge in [0, 0.05) is 44.2 Å². The van der Waals surface area contributed by atoms with E-state index in [2.05, 4.69) is 5.32 Å². The third-order valence-electron chi connectivity index (χ3n) is 5.68. The highest BCUT2D eigenvalue weighted by molar-refractivity contribution is 7.89. The average molecular weight is 408 g/mol.